The maximum absolute atomic E-state index is 12.0. The first-order valence-corrected chi connectivity index (χ1v) is 8.24. The van der Waals surface area contributed by atoms with Gasteiger partial charge in [0.25, 0.3) is 0 Å². The normalized spacial score (nSPS) is 18.3. The van der Waals surface area contributed by atoms with Gasteiger partial charge in [-0.3, -0.25) is 14.8 Å². The van der Waals surface area contributed by atoms with Crippen LogP contribution in [0.15, 0.2) is 29.5 Å². The number of nitrogens with zero attached hydrogens (tertiary/aromatic N) is 3. The molecule has 126 valence electrons. The molecule has 23 heavy (non-hydrogen) atoms. The smallest absolute Gasteiger partial charge is 0.243 e. The first kappa shape index (κ1) is 17.2. The van der Waals surface area contributed by atoms with Crippen molar-refractivity contribution < 1.29 is 4.79 Å². The topological polar surface area (TPSA) is 69.6 Å². The minimum absolute atomic E-state index is 0.0999. The van der Waals surface area contributed by atoms with Crippen molar-refractivity contribution in [3.63, 3.8) is 0 Å². The van der Waals surface area contributed by atoms with Crippen LogP contribution in [0.5, 0.6) is 0 Å². The fraction of sp³-hybridized carbons (Fsp3) is 0.588. The number of likely N-dealkylation sites (tertiary alicyclic amines) is 1. The Kier molecular flexibility index (Phi) is 6.38. The molecule has 0 bridgehead atoms. The Bertz CT molecular complexity index is 529. The molecule has 1 aromatic heterocycles. The van der Waals surface area contributed by atoms with Gasteiger partial charge in [0.15, 0.2) is 5.96 Å². The average Bonchev–Trinajstić information content (AvgIpc) is 2.96. The number of hydrogen-bond acceptors (Lipinski definition) is 3. The van der Waals surface area contributed by atoms with Crippen LogP contribution in [0.2, 0.25) is 0 Å². The molecule has 2 rings (SSSR count). The summed E-state index contributed by atoms with van der Waals surface area (Å²) in [6, 6.07) is 3.61. The third-order valence-corrected chi connectivity index (χ3v) is 3.95. The molecule has 6 nitrogen and oxygen atoms in total. The monoisotopic (exact) mass is 317 g/mol. The third-order valence-electron chi connectivity index (χ3n) is 3.95. The number of hydrogen-bond donors (Lipinski definition) is 2. The summed E-state index contributed by atoms with van der Waals surface area (Å²) < 4.78 is 0. The predicted molar refractivity (Wildman–Crippen MR) is 93.4 cm³/mol. The standard InChI is InChI=1S/C17H27N5O/c1-13(2)9-14-6-8-22(12-14)17(18-3)20-11-16(23)21-15-5-4-7-19-10-15/h4-5,7,10,13-14H,6,8-9,11-12H2,1-3H3,(H,18,20)(H,21,23). The van der Waals surface area contributed by atoms with Crippen molar-refractivity contribution in [1.82, 2.24) is 15.2 Å². The molecule has 0 spiro atoms. The summed E-state index contributed by atoms with van der Waals surface area (Å²) in [6.07, 6.45) is 5.75. The Balaban J connectivity index is 1.78. The van der Waals surface area contributed by atoms with Crippen LogP contribution in [-0.4, -0.2) is 48.4 Å². The van der Waals surface area contributed by atoms with Gasteiger partial charge in [-0.15, -0.1) is 0 Å². The summed E-state index contributed by atoms with van der Waals surface area (Å²) >= 11 is 0. The second kappa shape index (κ2) is 8.50. The van der Waals surface area contributed by atoms with Crippen LogP contribution in [0.4, 0.5) is 5.69 Å². The van der Waals surface area contributed by atoms with Crippen LogP contribution in [0.25, 0.3) is 0 Å². The number of rotatable bonds is 5. The summed E-state index contributed by atoms with van der Waals surface area (Å²) in [4.78, 5) is 22.5. The van der Waals surface area contributed by atoms with Crippen LogP contribution in [0.3, 0.4) is 0 Å². The first-order valence-electron chi connectivity index (χ1n) is 8.24. The van der Waals surface area contributed by atoms with Gasteiger partial charge in [0.1, 0.15) is 0 Å². The number of carbonyl (C=O) groups is 1. The highest BCUT2D eigenvalue weighted by molar-refractivity contribution is 5.94. The highest BCUT2D eigenvalue weighted by Crippen LogP contribution is 2.23. The molecular formula is C17H27N5O. The zero-order valence-electron chi connectivity index (χ0n) is 14.2. The van der Waals surface area contributed by atoms with Crippen molar-refractivity contribution >= 4 is 17.6 Å². The Labute approximate surface area is 138 Å². The van der Waals surface area contributed by atoms with Gasteiger partial charge in [-0.1, -0.05) is 13.8 Å². The van der Waals surface area contributed by atoms with E-state index in [1.807, 2.05) is 6.07 Å². The van der Waals surface area contributed by atoms with Crippen LogP contribution in [-0.2, 0) is 4.79 Å². The maximum atomic E-state index is 12.0. The SMILES string of the molecule is CN=C(NCC(=O)Nc1cccnc1)N1CCC(CC(C)C)C1. The van der Waals surface area contributed by atoms with Gasteiger partial charge < -0.3 is 15.5 Å². The van der Waals surface area contributed by atoms with Gasteiger partial charge in [0.2, 0.25) is 5.91 Å². The van der Waals surface area contributed by atoms with Crippen molar-refractivity contribution in [2.45, 2.75) is 26.7 Å². The lowest BCUT2D eigenvalue weighted by molar-refractivity contribution is -0.115. The second-order valence-electron chi connectivity index (χ2n) is 6.42. The third kappa shape index (κ3) is 5.54. The van der Waals surface area contributed by atoms with Crippen LogP contribution in [0, 0.1) is 11.8 Å². The minimum atomic E-state index is -0.0999. The molecule has 0 saturated carbocycles. The molecule has 1 unspecified atom stereocenters. The summed E-state index contributed by atoms with van der Waals surface area (Å²) in [5, 5.41) is 5.96. The highest BCUT2D eigenvalue weighted by Gasteiger charge is 2.25. The van der Waals surface area contributed by atoms with Gasteiger partial charge in [-0.25, -0.2) is 0 Å². The van der Waals surface area contributed by atoms with Gasteiger partial charge in [-0.2, -0.15) is 0 Å². The van der Waals surface area contributed by atoms with Crippen LogP contribution in [0.1, 0.15) is 26.7 Å². The van der Waals surface area contributed by atoms with E-state index < -0.39 is 0 Å². The maximum Gasteiger partial charge on any atom is 0.243 e. The molecule has 1 saturated heterocycles. The van der Waals surface area contributed by atoms with Gasteiger partial charge in [0, 0.05) is 26.3 Å². The fourth-order valence-electron chi connectivity index (χ4n) is 3.02. The van der Waals surface area contributed by atoms with Crippen LogP contribution < -0.4 is 10.6 Å². The molecule has 0 aromatic carbocycles. The summed E-state index contributed by atoms with van der Waals surface area (Å²) in [5.41, 5.74) is 0.701. The summed E-state index contributed by atoms with van der Waals surface area (Å²) in [7, 11) is 1.76. The molecule has 1 atom stereocenters. The predicted octanol–water partition coefficient (Wildman–Crippen LogP) is 1.96. The van der Waals surface area contributed by atoms with Crippen molar-refractivity contribution in [3.8, 4) is 0 Å². The lowest BCUT2D eigenvalue weighted by atomic mass is 9.97. The van der Waals surface area contributed by atoms with E-state index in [0.717, 1.165) is 30.9 Å². The average molecular weight is 317 g/mol. The van der Waals surface area contributed by atoms with E-state index >= 15 is 0 Å². The number of carbonyl (C=O) groups excluding carboxylic acids is 1. The van der Waals surface area contributed by atoms with Gasteiger partial charge in [-0.05, 0) is 36.8 Å². The molecule has 1 fully saturated rings. The molecule has 1 aliphatic rings. The van der Waals surface area contributed by atoms with Crippen molar-refractivity contribution in [1.29, 1.82) is 0 Å². The Hall–Kier alpha value is -2.11. The summed E-state index contributed by atoms with van der Waals surface area (Å²) in [5.74, 6) is 2.15. The lowest BCUT2D eigenvalue weighted by Crippen LogP contribution is -2.43. The molecule has 2 heterocycles. The van der Waals surface area contributed by atoms with Crippen molar-refractivity contribution in [2.24, 2.45) is 16.8 Å². The highest BCUT2D eigenvalue weighted by atomic mass is 16.1. The molecular weight excluding hydrogens is 290 g/mol. The van der Waals surface area contributed by atoms with E-state index in [9.17, 15) is 4.79 Å². The Morgan fingerprint density at radius 1 is 1.52 bits per heavy atom. The minimum Gasteiger partial charge on any atom is -0.347 e. The van der Waals surface area contributed by atoms with E-state index in [0.29, 0.717) is 5.69 Å². The Morgan fingerprint density at radius 3 is 3.00 bits per heavy atom. The van der Waals surface area contributed by atoms with Crippen molar-refractivity contribution in [2.75, 3.05) is 32.0 Å². The molecule has 0 radical (unpaired) electrons. The van der Waals surface area contributed by atoms with Crippen LogP contribution >= 0.6 is 0 Å². The zero-order valence-corrected chi connectivity index (χ0v) is 14.2. The molecule has 0 aliphatic carbocycles. The van der Waals surface area contributed by atoms with E-state index in [2.05, 4.69) is 39.4 Å². The first-order chi connectivity index (χ1) is 11.1. The van der Waals surface area contributed by atoms with E-state index in [1.165, 1.54) is 12.8 Å². The largest absolute Gasteiger partial charge is 0.347 e. The number of aromatic nitrogens is 1. The van der Waals surface area contributed by atoms with Crippen molar-refractivity contribution in [3.05, 3.63) is 24.5 Å². The molecule has 1 amide bonds. The fourth-order valence-corrected chi connectivity index (χ4v) is 3.02. The van der Waals surface area contributed by atoms with E-state index in [-0.39, 0.29) is 12.5 Å². The van der Waals surface area contributed by atoms with E-state index in [4.69, 9.17) is 0 Å². The lowest BCUT2D eigenvalue weighted by Gasteiger charge is -2.22. The number of pyridine rings is 1. The Morgan fingerprint density at radius 2 is 2.35 bits per heavy atom. The number of guanidine groups is 1. The number of amides is 1. The quantitative estimate of drug-likeness (QED) is 0.643. The molecule has 1 aliphatic heterocycles. The number of anilines is 1. The van der Waals surface area contributed by atoms with Gasteiger partial charge >= 0.3 is 0 Å². The van der Waals surface area contributed by atoms with Gasteiger partial charge in [0.05, 0.1) is 18.4 Å². The summed E-state index contributed by atoms with van der Waals surface area (Å²) in [6.45, 7) is 6.74. The van der Waals surface area contributed by atoms with E-state index in [1.54, 1.807) is 25.5 Å². The molecule has 6 heteroatoms. The number of nitrogens with one attached hydrogen (secondary N) is 2. The zero-order chi connectivity index (χ0) is 16.7. The molecule has 1 aromatic rings. The second-order valence-corrected chi connectivity index (χ2v) is 6.42. The molecule has 2 N–H and O–H groups in total. The number of aliphatic imine (C=N–C) groups is 1.